The molecule has 3 nitrogen and oxygen atoms in total. The highest BCUT2D eigenvalue weighted by atomic mass is 32.1. The van der Waals surface area contributed by atoms with Crippen LogP contribution >= 0.6 is 11.3 Å². The van der Waals surface area contributed by atoms with Crippen molar-refractivity contribution in [2.45, 2.75) is 44.6 Å². The summed E-state index contributed by atoms with van der Waals surface area (Å²) in [7, 11) is 2.01. The zero-order valence-corrected chi connectivity index (χ0v) is 18.9. The van der Waals surface area contributed by atoms with Crippen LogP contribution in [0, 0.1) is 11.8 Å². The molecule has 1 aliphatic carbocycles. The van der Waals surface area contributed by atoms with Crippen LogP contribution in [0.5, 0.6) is 0 Å². The number of likely N-dealkylation sites (N-methyl/N-ethyl adjacent to an activating group) is 1. The van der Waals surface area contributed by atoms with Gasteiger partial charge >= 0.3 is 0 Å². The Hall–Kier alpha value is -1.91. The van der Waals surface area contributed by atoms with Crippen molar-refractivity contribution >= 4 is 17.2 Å². The van der Waals surface area contributed by atoms with E-state index in [9.17, 15) is 4.79 Å². The summed E-state index contributed by atoms with van der Waals surface area (Å²) in [5.74, 6) is 1.55. The van der Waals surface area contributed by atoms with Crippen LogP contribution < -0.4 is 0 Å². The van der Waals surface area contributed by atoms with Gasteiger partial charge in [0, 0.05) is 19.6 Å². The van der Waals surface area contributed by atoms with Gasteiger partial charge in [-0.3, -0.25) is 4.79 Å². The quantitative estimate of drug-likeness (QED) is 0.550. The first kappa shape index (κ1) is 21.3. The van der Waals surface area contributed by atoms with Crippen LogP contribution in [0.4, 0.5) is 0 Å². The van der Waals surface area contributed by atoms with E-state index < -0.39 is 0 Å². The largest absolute Gasteiger partial charge is 0.337 e. The highest BCUT2D eigenvalue weighted by molar-refractivity contribution is 7.12. The van der Waals surface area contributed by atoms with Gasteiger partial charge in [-0.1, -0.05) is 48.6 Å². The number of allylic oxidation sites excluding steroid dienone is 2. The first-order valence-corrected chi connectivity index (χ1v) is 12.3. The zero-order chi connectivity index (χ0) is 20.8. The van der Waals surface area contributed by atoms with Gasteiger partial charge in [0.05, 0.1) is 4.88 Å². The summed E-state index contributed by atoms with van der Waals surface area (Å²) in [4.78, 5) is 18.7. The predicted molar refractivity (Wildman–Crippen MR) is 126 cm³/mol. The molecule has 1 aromatic heterocycles. The molecule has 0 spiro atoms. The summed E-state index contributed by atoms with van der Waals surface area (Å²) in [5.41, 5.74) is 1.32. The molecular formula is C26H34N2OS. The smallest absolute Gasteiger partial charge is 0.263 e. The van der Waals surface area contributed by atoms with E-state index in [1.807, 2.05) is 29.5 Å². The van der Waals surface area contributed by atoms with Crippen molar-refractivity contribution in [2.75, 3.05) is 26.7 Å². The number of thiophene rings is 1. The normalized spacial score (nSPS) is 21.4. The van der Waals surface area contributed by atoms with Crippen molar-refractivity contribution in [3.8, 4) is 0 Å². The van der Waals surface area contributed by atoms with Crippen molar-refractivity contribution in [3.05, 3.63) is 70.4 Å². The second kappa shape index (κ2) is 10.4. The van der Waals surface area contributed by atoms with E-state index in [1.165, 1.54) is 44.2 Å². The Morgan fingerprint density at radius 3 is 2.57 bits per heavy atom. The fourth-order valence-corrected chi connectivity index (χ4v) is 5.81. The molecule has 1 saturated heterocycles. The second-order valence-corrected chi connectivity index (χ2v) is 9.89. The summed E-state index contributed by atoms with van der Waals surface area (Å²) >= 11 is 1.54. The highest BCUT2D eigenvalue weighted by Crippen LogP contribution is 2.29. The van der Waals surface area contributed by atoms with Gasteiger partial charge in [0.15, 0.2) is 0 Å². The predicted octanol–water partition coefficient (Wildman–Crippen LogP) is 5.50. The van der Waals surface area contributed by atoms with Crippen LogP contribution in [0.1, 0.15) is 47.3 Å². The van der Waals surface area contributed by atoms with E-state index in [-0.39, 0.29) is 11.9 Å². The van der Waals surface area contributed by atoms with E-state index in [1.54, 1.807) is 11.3 Å². The van der Waals surface area contributed by atoms with E-state index >= 15 is 0 Å². The third-order valence-corrected chi connectivity index (χ3v) is 7.77. The van der Waals surface area contributed by atoms with E-state index in [4.69, 9.17) is 0 Å². The number of carbonyl (C=O) groups excluding carboxylic acids is 1. The molecule has 0 radical (unpaired) electrons. The topological polar surface area (TPSA) is 23.6 Å². The average molecular weight is 423 g/mol. The molecule has 1 fully saturated rings. The molecule has 30 heavy (non-hydrogen) atoms. The Labute approximate surface area is 185 Å². The van der Waals surface area contributed by atoms with Gasteiger partial charge < -0.3 is 9.80 Å². The summed E-state index contributed by atoms with van der Waals surface area (Å²) in [6.07, 6.45) is 11.8. The minimum Gasteiger partial charge on any atom is -0.337 e. The molecule has 0 saturated carbocycles. The molecule has 160 valence electrons. The lowest BCUT2D eigenvalue weighted by Crippen LogP contribution is -2.48. The van der Waals surface area contributed by atoms with Crippen molar-refractivity contribution in [1.29, 1.82) is 0 Å². The van der Waals surface area contributed by atoms with E-state index in [2.05, 4.69) is 47.4 Å². The molecule has 4 rings (SSSR count). The molecule has 4 heteroatoms. The standard InChI is InChI=1S/C26H34N2OS/c1-27(26(29)25-13-8-18-30-25)24(19-21-9-4-2-5-10-21)23-14-16-28(17-15-23)20-22-11-6-3-7-12-22/h2-6,8-10,13,18,22-24H,7,11-12,14-17,19-20H2,1H3. The molecule has 1 aliphatic heterocycles. The summed E-state index contributed by atoms with van der Waals surface area (Å²) in [5, 5.41) is 1.99. The number of nitrogens with zero attached hydrogens (tertiary/aromatic N) is 2. The minimum absolute atomic E-state index is 0.169. The van der Waals surface area contributed by atoms with Gasteiger partial charge in [0.25, 0.3) is 5.91 Å². The number of likely N-dealkylation sites (tertiary alicyclic amines) is 1. The molecule has 2 aliphatic rings. The molecule has 0 bridgehead atoms. The Kier molecular flexibility index (Phi) is 7.40. The van der Waals surface area contributed by atoms with Crippen molar-refractivity contribution in [2.24, 2.45) is 11.8 Å². The van der Waals surface area contributed by atoms with E-state index in [0.29, 0.717) is 5.92 Å². The Balaban J connectivity index is 1.41. The summed E-state index contributed by atoms with van der Waals surface area (Å²) in [6, 6.07) is 14.8. The van der Waals surface area contributed by atoms with Gasteiger partial charge in [0.2, 0.25) is 0 Å². The number of piperidine rings is 1. The lowest BCUT2D eigenvalue weighted by molar-refractivity contribution is 0.0580. The lowest BCUT2D eigenvalue weighted by atomic mass is 9.84. The molecular weight excluding hydrogens is 388 g/mol. The highest BCUT2D eigenvalue weighted by Gasteiger charge is 2.32. The average Bonchev–Trinajstić information content (AvgIpc) is 3.34. The third kappa shape index (κ3) is 5.41. The fourth-order valence-electron chi connectivity index (χ4n) is 5.11. The van der Waals surface area contributed by atoms with Crippen LogP contribution in [-0.2, 0) is 6.42 Å². The molecule has 0 N–H and O–H groups in total. The maximum absolute atomic E-state index is 13.1. The summed E-state index contributed by atoms with van der Waals surface area (Å²) in [6.45, 7) is 3.57. The number of benzene rings is 1. The molecule has 1 aromatic carbocycles. The maximum Gasteiger partial charge on any atom is 0.263 e. The molecule has 2 unspecified atom stereocenters. The number of hydrogen-bond donors (Lipinski definition) is 0. The SMILES string of the molecule is CN(C(=O)c1cccs1)C(Cc1ccccc1)C1CCN(CC2CC=CCC2)CC1. The Bertz CT molecular complexity index is 809. The van der Waals surface area contributed by atoms with Gasteiger partial charge in [-0.15, -0.1) is 11.3 Å². The Morgan fingerprint density at radius 1 is 1.10 bits per heavy atom. The molecule has 2 atom stereocenters. The van der Waals surface area contributed by atoms with Crippen LogP contribution in [0.15, 0.2) is 60.0 Å². The van der Waals surface area contributed by atoms with Crippen LogP contribution in [0.25, 0.3) is 0 Å². The monoisotopic (exact) mass is 422 g/mol. The lowest BCUT2D eigenvalue weighted by Gasteiger charge is -2.41. The zero-order valence-electron chi connectivity index (χ0n) is 18.1. The number of hydrogen-bond acceptors (Lipinski definition) is 3. The van der Waals surface area contributed by atoms with Gasteiger partial charge in [-0.2, -0.15) is 0 Å². The number of carbonyl (C=O) groups is 1. The van der Waals surface area contributed by atoms with E-state index in [0.717, 1.165) is 30.3 Å². The first-order valence-electron chi connectivity index (χ1n) is 11.4. The first-order chi connectivity index (χ1) is 14.7. The minimum atomic E-state index is 0.169. The molecule has 1 amide bonds. The van der Waals surface area contributed by atoms with Crippen molar-refractivity contribution < 1.29 is 4.79 Å². The number of amides is 1. The molecule has 2 heterocycles. The Morgan fingerprint density at radius 2 is 1.90 bits per heavy atom. The van der Waals surface area contributed by atoms with Gasteiger partial charge in [-0.05, 0) is 80.5 Å². The molecule has 2 aromatic rings. The van der Waals surface area contributed by atoms with Crippen LogP contribution in [-0.4, -0.2) is 48.4 Å². The van der Waals surface area contributed by atoms with Gasteiger partial charge in [0.1, 0.15) is 0 Å². The third-order valence-electron chi connectivity index (χ3n) is 6.91. The van der Waals surface area contributed by atoms with Crippen molar-refractivity contribution in [1.82, 2.24) is 9.80 Å². The second-order valence-electron chi connectivity index (χ2n) is 8.94. The number of rotatable bonds is 7. The van der Waals surface area contributed by atoms with Gasteiger partial charge in [-0.25, -0.2) is 0 Å². The van der Waals surface area contributed by atoms with Crippen molar-refractivity contribution in [3.63, 3.8) is 0 Å². The fraction of sp³-hybridized carbons (Fsp3) is 0.500. The summed E-state index contributed by atoms with van der Waals surface area (Å²) < 4.78 is 0. The van der Waals surface area contributed by atoms with Crippen LogP contribution in [0.3, 0.4) is 0 Å². The van der Waals surface area contributed by atoms with Crippen LogP contribution in [0.2, 0.25) is 0 Å². The maximum atomic E-state index is 13.1.